The first-order chi connectivity index (χ1) is 9.60. The van der Waals surface area contributed by atoms with Gasteiger partial charge in [-0.25, -0.2) is 4.79 Å². The van der Waals surface area contributed by atoms with E-state index in [0.717, 1.165) is 0 Å². The molecule has 0 aliphatic carbocycles. The summed E-state index contributed by atoms with van der Waals surface area (Å²) in [6.07, 6.45) is 2.05. The smallest absolute Gasteiger partial charge is 0.371 e. The Morgan fingerprint density at radius 2 is 2.00 bits per heavy atom. The highest BCUT2D eigenvalue weighted by molar-refractivity contribution is 7.98. The molecule has 1 unspecified atom stereocenters. The lowest BCUT2D eigenvalue weighted by atomic mass is 10.1. The molecule has 0 fully saturated rings. The lowest BCUT2D eigenvalue weighted by Crippen LogP contribution is -2.17. The Hall–Kier alpha value is -1.72. The van der Waals surface area contributed by atoms with Crippen LogP contribution < -0.4 is 5.32 Å². The molecule has 1 atom stereocenters. The molecule has 2 rings (SSSR count). The molecule has 5 heteroatoms. The monoisotopic (exact) mass is 291 g/mol. The van der Waals surface area contributed by atoms with Gasteiger partial charge in [-0.05, 0) is 43.0 Å². The van der Waals surface area contributed by atoms with E-state index in [1.807, 2.05) is 6.26 Å². The first kappa shape index (κ1) is 14.7. The zero-order valence-corrected chi connectivity index (χ0v) is 12.2. The van der Waals surface area contributed by atoms with Gasteiger partial charge in [0, 0.05) is 10.9 Å². The second kappa shape index (κ2) is 6.63. The van der Waals surface area contributed by atoms with Gasteiger partial charge in [0.15, 0.2) is 0 Å². The summed E-state index contributed by atoms with van der Waals surface area (Å²) in [5.74, 6) is -0.453. The van der Waals surface area contributed by atoms with Crippen molar-refractivity contribution < 1.29 is 14.3 Å². The quantitative estimate of drug-likeness (QED) is 0.797. The summed E-state index contributed by atoms with van der Waals surface area (Å²) in [6.45, 7) is 2.56. The van der Waals surface area contributed by atoms with Gasteiger partial charge in [-0.3, -0.25) is 0 Å². The summed E-state index contributed by atoms with van der Waals surface area (Å²) in [5, 5.41) is 12.1. The number of carbonyl (C=O) groups is 1. The van der Waals surface area contributed by atoms with E-state index >= 15 is 0 Å². The number of furan rings is 1. The number of carboxylic acid groups (broad SMARTS) is 1. The minimum Gasteiger partial charge on any atom is -0.475 e. The van der Waals surface area contributed by atoms with Crippen LogP contribution in [0.25, 0.3) is 0 Å². The zero-order chi connectivity index (χ0) is 14.5. The number of carboxylic acids is 1. The molecule has 2 N–H and O–H groups in total. The molecule has 0 bridgehead atoms. The lowest BCUT2D eigenvalue weighted by molar-refractivity contribution is 0.0660. The van der Waals surface area contributed by atoms with E-state index in [-0.39, 0.29) is 11.8 Å². The highest BCUT2D eigenvalue weighted by Gasteiger charge is 2.10. The second-order valence-electron chi connectivity index (χ2n) is 4.45. The molecule has 0 saturated carbocycles. The lowest BCUT2D eigenvalue weighted by Gasteiger charge is -2.13. The molecule has 0 radical (unpaired) electrons. The Kier molecular flexibility index (Phi) is 4.87. The largest absolute Gasteiger partial charge is 0.475 e. The Morgan fingerprint density at radius 1 is 1.30 bits per heavy atom. The van der Waals surface area contributed by atoms with Gasteiger partial charge in [0.05, 0.1) is 6.54 Å². The highest BCUT2D eigenvalue weighted by atomic mass is 32.2. The van der Waals surface area contributed by atoms with Gasteiger partial charge >= 0.3 is 5.97 Å². The Balaban J connectivity index is 1.93. The van der Waals surface area contributed by atoms with Crippen molar-refractivity contribution in [3.8, 4) is 0 Å². The fourth-order valence-corrected chi connectivity index (χ4v) is 2.26. The van der Waals surface area contributed by atoms with Gasteiger partial charge in [0.1, 0.15) is 5.76 Å². The highest BCUT2D eigenvalue weighted by Crippen LogP contribution is 2.19. The Morgan fingerprint density at radius 3 is 2.55 bits per heavy atom. The summed E-state index contributed by atoms with van der Waals surface area (Å²) in [7, 11) is 0. The van der Waals surface area contributed by atoms with E-state index in [0.29, 0.717) is 12.3 Å². The van der Waals surface area contributed by atoms with E-state index in [9.17, 15) is 4.79 Å². The molecule has 0 saturated heterocycles. The first-order valence-electron chi connectivity index (χ1n) is 6.29. The van der Waals surface area contributed by atoms with Crippen LogP contribution in [0.3, 0.4) is 0 Å². The summed E-state index contributed by atoms with van der Waals surface area (Å²) in [5.41, 5.74) is 1.19. The minimum absolute atomic E-state index is 0.0289. The molecule has 1 heterocycles. The third-order valence-corrected chi connectivity index (χ3v) is 3.81. The van der Waals surface area contributed by atoms with Crippen molar-refractivity contribution in [3.63, 3.8) is 0 Å². The standard InChI is InChI=1S/C15H17NO3S/c1-10(11-3-6-13(20-2)7-4-11)16-9-12-5-8-14(19-12)15(17)18/h3-8,10,16H,9H2,1-2H3,(H,17,18). The molecule has 20 heavy (non-hydrogen) atoms. The van der Waals surface area contributed by atoms with Crippen LogP contribution in [0.15, 0.2) is 45.7 Å². The van der Waals surface area contributed by atoms with Crippen LogP contribution in [0.2, 0.25) is 0 Å². The van der Waals surface area contributed by atoms with Gasteiger partial charge < -0.3 is 14.8 Å². The maximum Gasteiger partial charge on any atom is 0.371 e. The number of hydrogen-bond donors (Lipinski definition) is 2. The van der Waals surface area contributed by atoms with Crippen molar-refractivity contribution in [2.24, 2.45) is 0 Å². The molecule has 106 valence electrons. The molecule has 4 nitrogen and oxygen atoms in total. The average Bonchev–Trinajstić information content (AvgIpc) is 2.94. The molecular formula is C15H17NO3S. The zero-order valence-electron chi connectivity index (χ0n) is 11.4. The maximum atomic E-state index is 10.7. The predicted molar refractivity (Wildman–Crippen MR) is 79.1 cm³/mol. The van der Waals surface area contributed by atoms with Gasteiger partial charge in [-0.2, -0.15) is 0 Å². The molecule has 1 aromatic heterocycles. The van der Waals surface area contributed by atoms with Crippen LogP contribution in [0.5, 0.6) is 0 Å². The first-order valence-corrected chi connectivity index (χ1v) is 7.52. The van der Waals surface area contributed by atoms with Gasteiger partial charge in [-0.1, -0.05) is 12.1 Å². The normalized spacial score (nSPS) is 12.3. The third-order valence-electron chi connectivity index (χ3n) is 3.07. The summed E-state index contributed by atoms with van der Waals surface area (Å²) >= 11 is 1.71. The Labute approximate surface area is 122 Å². The number of rotatable bonds is 6. The van der Waals surface area contributed by atoms with Crippen molar-refractivity contribution in [2.45, 2.75) is 24.4 Å². The topological polar surface area (TPSA) is 62.5 Å². The van der Waals surface area contributed by atoms with Crippen LogP contribution in [-0.2, 0) is 6.54 Å². The molecule has 0 aliphatic rings. The maximum absolute atomic E-state index is 10.7. The van der Waals surface area contributed by atoms with E-state index in [1.165, 1.54) is 16.5 Å². The fourth-order valence-electron chi connectivity index (χ4n) is 1.85. The van der Waals surface area contributed by atoms with Crippen LogP contribution in [0, 0.1) is 0 Å². The third kappa shape index (κ3) is 3.65. The van der Waals surface area contributed by atoms with Crippen molar-refractivity contribution in [1.29, 1.82) is 0 Å². The fraction of sp³-hybridized carbons (Fsp3) is 0.267. The van der Waals surface area contributed by atoms with E-state index in [1.54, 1.807) is 17.8 Å². The molecule has 0 amide bonds. The van der Waals surface area contributed by atoms with Crippen LogP contribution >= 0.6 is 11.8 Å². The molecule has 2 aromatic rings. The van der Waals surface area contributed by atoms with Crippen LogP contribution in [0.1, 0.15) is 34.8 Å². The van der Waals surface area contributed by atoms with Crippen molar-refractivity contribution >= 4 is 17.7 Å². The number of hydrogen-bond acceptors (Lipinski definition) is 4. The Bertz CT molecular complexity index is 577. The summed E-state index contributed by atoms with van der Waals surface area (Å²) in [6, 6.07) is 11.7. The van der Waals surface area contributed by atoms with Gasteiger partial charge in [0.25, 0.3) is 0 Å². The summed E-state index contributed by atoms with van der Waals surface area (Å²) in [4.78, 5) is 12.0. The summed E-state index contributed by atoms with van der Waals surface area (Å²) < 4.78 is 5.20. The second-order valence-corrected chi connectivity index (χ2v) is 5.33. The predicted octanol–water partition coefficient (Wildman–Crippen LogP) is 3.55. The van der Waals surface area contributed by atoms with E-state index in [4.69, 9.17) is 9.52 Å². The molecule has 0 aliphatic heterocycles. The number of aromatic carboxylic acids is 1. The van der Waals surface area contributed by atoms with Crippen LogP contribution in [0.4, 0.5) is 0 Å². The molecule has 0 spiro atoms. The van der Waals surface area contributed by atoms with E-state index in [2.05, 4.69) is 36.5 Å². The van der Waals surface area contributed by atoms with Crippen molar-refractivity contribution in [3.05, 3.63) is 53.5 Å². The molecular weight excluding hydrogens is 274 g/mol. The molecule has 1 aromatic carbocycles. The number of nitrogens with one attached hydrogen (secondary N) is 1. The van der Waals surface area contributed by atoms with Gasteiger partial charge in [0.2, 0.25) is 5.76 Å². The minimum atomic E-state index is -1.04. The SMILES string of the molecule is CSc1ccc(C(C)NCc2ccc(C(=O)O)o2)cc1. The number of thioether (sulfide) groups is 1. The van der Waals surface area contributed by atoms with Crippen molar-refractivity contribution in [2.75, 3.05) is 6.26 Å². The number of benzene rings is 1. The van der Waals surface area contributed by atoms with Crippen LogP contribution in [-0.4, -0.2) is 17.3 Å². The average molecular weight is 291 g/mol. The van der Waals surface area contributed by atoms with Gasteiger partial charge in [-0.15, -0.1) is 11.8 Å². The van der Waals surface area contributed by atoms with Crippen molar-refractivity contribution in [1.82, 2.24) is 5.32 Å². The van der Waals surface area contributed by atoms with E-state index < -0.39 is 5.97 Å².